The number of nitrogens with zero attached hydrogens (tertiary/aromatic N) is 3. The molecule has 6 heteroatoms. The molecule has 0 radical (unpaired) electrons. The third-order valence-electron chi connectivity index (χ3n) is 6.73. The van der Waals surface area contributed by atoms with Gasteiger partial charge in [-0.25, -0.2) is 4.99 Å². The Labute approximate surface area is 136 Å². The molecule has 3 fully saturated rings. The molecule has 0 amide bonds. The fourth-order valence-electron chi connectivity index (χ4n) is 5.80. The summed E-state index contributed by atoms with van der Waals surface area (Å²) in [5, 5.41) is 20.1. The van der Waals surface area contributed by atoms with E-state index in [-0.39, 0.29) is 5.84 Å². The maximum atomic E-state index is 10.1. The first-order valence-electron chi connectivity index (χ1n) is 8.56. The molecule has 2 atom stereocenters. The third kappa shape index (κ3) is 1.28. The summed E-state index contributed by atoms with van der Waals surface area (Å²) in [6, 6.07) is 4.79. The van der Waals surface area contributed by atoms with Crippen LogP contribution in [0.15, 0.2) is 4.99 Å². The molecular weight excluding hydrogens is 292 g/mol. The quantitative estimate of drug-likeness (QED) is 0.840. The van der Waals surface area contributed by atoms with Gasteiger partial charge in [-0.2, -0.15) is 10.5 Å². The standard InChI is InChI=1S/C17H22N4O2/c1-2-3-12-4-6-14(7-5-12)15(10-18)13(20)21-17(16(14,15)11-19)22-8-9-23-17/h12H,2-9H2,1H3,(H2,20,21)/t12?,14?,15-,16+/m1/s1. The van der Waals surface area contributed by atoms with Crippen molar-refractivity contribution in [2.45, 2.75) is 51.4 Å². The first kappa shape index (κ1) is 14.9. The van der Waals surface area contributed by atoms with Crippen molar-refractivity contribution in [3.63, 3.8) is 0 Å². The van der Waals surface area contributed by atoms with Crippen LogP contribution in [0.3, 0.4) is 0 Å². The highest BCUT2D eigenvalue weighted by Crippen LogP contribution is 2.89. The minimum absolute atomic E-state index is 0.234. The average Bonchev–Trinajstić information content (AvgIpc) is 2.83. The zero-order valence-electron chi connectivity index (χ0n) is 13.5. The number of amidine groups is 1. The van der Waals surface area contributed by atoms with Gasteiger partial charge in [0.1, 0.15) is 11.3 Å². The van der Waals surface area contributed by atoms with Crippen molar-refractivity contribution in [3.8, 4) is 12.1 Å². The Hall–Kier alpha value is -1.63. The Morgan fingerprint density at radius 3 is 2.39 bits per heavy atom. The Balaban J connectivity index is 1.77. The van der Waals surface area contributed by atoms with E-state index in [0.717, 1.165) is 25.7 Å². The Morgan fingerprint density at radius 2 is 1.87 bits per heavy atom. The lowest BCUT2D eigenvalue weighted by Gasteiger charge is -2.36. The smallest absolute Gasteiger partial charge is 0.293 e. The van der Waals surface area contributed by atoms with Gasteiger partial charge in [0.2, 0.25) is 0 Å². The van der Waals surface area contributed by atoms with Gasteiger partial charge >= 0.3 is 0 Å². The van der Waals surface area contributed by atoms with Crippen molar-refractivity contribution < 1.29 is 9.47 Å². The molecule has 2 aliphatic carbocycles. The van der Waals surface area contributed by atoms with Gasteiger partial charge in [-0.3, -0.25) is 0 Å². The van der Waals surface area contributed by atoms with Gasteiger partial charge in [-0.15, -0.1) is 0 Å². The maximum absolute atomic E-state index is 10.1. The number of rotatable bonds is 2. The van der Waals surface area contributed by atoms with E-state index in [9.17, 15) is 10.5 Å². The van der Waals surface area contributed by atoms with Crippen LogP contribution in [0.5, 0.6) is 0 Å². The molecule has 6 nitrogen and oxygen atoms in total. The summed E-state index contributed by atoms with van der Waals surface area (Å²) in [6.07, 6.45) is 6.09. The Bertz CT molecular complexity index is 646. The van der Waals surface area contributed by atoms with E-state index in [1.165, 1.54) is 12.8 Å². The zero-order valence-corrected chi connectivity index (χ0v) is 13.5. The summed E-state index contributed by atoms with van der Waals surface area (Å²) in [5.74, 6) is -0.450. The zero-order chi connectivity index (χ0) is 16.3. The summed E-state index contributed by atoms with van der Waals surface area (Å²) in [7, 11) is 0. The topological polar surface area (TPSA) is 104 Å². The van der Waals surface area contributed by atoms with Crippen LogP contribution < -0.4 is 5.73 Å². The molecule has 4 rings (SSSR count). The number of fused-ring (bicyclic) bond motifs is 4. The van der Waals surface area contributed by atoms with Crippen LogP contribution in [0.2, 0.25) is 0 Å². The van der Waals surface area contributed by atoms with E-state index in [4.69, 9.17) is 15.2 Å². The predicted molar refractivity (Wildman–Crippen MR) is 81.6 cm³/mol. The largest absolute Gasteiger partial charge is 0.386 e. The molecule has 2 saturated carbocycles. The van der Waals surface area contributed by atoms with E-state index in [1.54, 1.807) is 0 Å². The molecule has 0 aromatic rings. The van der Waals surface area contributed by atoms with Gasteiger partial charge in [0, 0.05) is 5.41 Å². The minimum atomic E-state index is -1.36. The molecule has 2 heterocycles. The molecule has 2 aliphatic heterocycles. The SMILES string of the molecule is CCCC1CCC2(CC1)[C@]1(C#N)C3(N=C(N)[C@]21C#N)OCCO3. The average molecular weight is 314 g/mol. The fourth-order valence-corrected chi connectivity index (χ4v) is 5.80. The van der Waals surface area contributed by atoms with Crippen molar-refractivity contribution in [1.29, 1.82) is 10.5 Å². The molecule has 0 aromatic heterocycles. The summed E-state index contributed by atoms with van der Waals surface area (Å²) in [4.78, 5) is 4.35. The molecule has 122 valence electrons. The molecule has 0 aromatic carbocycles. The fraction of sp³-hybridized carbons (Fsp3) is 0.824. The summed E-state index contributed by atoms with van der Waals surface area (Å²) < 4.78 is 11.6. The lowest BCUT2D eigenvalue weighted by Crippen LogP contribution is -2.42. The van der Waals surface area contributed by atoms with Crippen molar-refractivity contribution in [1.82, 2.24) is 0 Å². The molecule has 0 bridgehead atoms. The van der Waals surface area contributed by atoms with E-state index < -0.39 is 22.2 Å². The summed E-state index contributed by atoms with van der Waals surface area (Å²) in [5.41, 5.74) is 3.60. The van der Waals surface area contributed by atoms with Crippen LogP contribution >= 0.6 is 0 Å². The highest BCUT2D eigenvalue weighted by atomic mass is 16.8. The molecular formula is C17H22N4O2. The van der Waals surface area contributed by atoms with Crippen LogP contribution in [0.25, 0.3) is 0 Å². The number of nitriles is 2. The van der Waals surface area contributed by atoms with Crippen molar-refractivity contribution in [3.05, 3.63) is 0 Å². The van der Waals surface area contributed by atoms with Crippen molar-refractivity contribution >= 4 is 5.84 Å². The van der Waals surface area contributed by atoms with Gasteiger partial charge < -0.3 is 15.2 Å². The normalized spacial score (nSPS) is 46.2. The number of hydrogen-bond donors (Lipinski definition) is 1. The van der Waals surface area contributed by atoms with E-state index in [0.29, 0.717) is 19.1 Å². The molecule has 2 N–H and O–H groups in total. The molecule has 23 heavy (non-hydrogen) atoms. The van der Waals surface area contributed by atoms with Crippen LogP contribution in [0.1, 0.15) is 45.4 Å². The second-order valence-electron chi connectivity index (χ2n) is 7.31. The van der Waals surface area contributed by atoms with Crippen LogP contribution in [0.4, 0.5) is 0 Å². The third-order valence-corrected chi connectivity index (χ3v) is 6.73. The maximum Gasteiger partial charge on any atom is 0.293 e. The molecule has 0 unspecified atom stereocenters. The predicted octanol–water partition coefficient (Wildman–Crippen LogP) is 2.07. The number of ether oxygens (including phenoxy) is 2. The number of nitrogens with two attached hydrogens (primary N) is 1. The van der Waals surface area contributed by atoms with Crippen LogP contribution in [0, 0.1) is 44.8 Å². The van der Waals surface area contributed by atoms with E-state index in [1.807, 2.05) is 0 Å². The number of hydrogen-bond acceptors (Lipinski definition) is 6. The summed E-state index contributed by atoms with van der Waals surface area (Å²) >= 11 is 0. The van der Waals surface area contributed by atoms with Gasteiger partial charge in [0.05, 0.1) is 25.4 Å². The Morgan fingerprint density at radius 1 is 1.22 bits per heavy atom. The first-order chi connectivity index (χ1) is 11.1. The lowest BCUT2D eigenvalue weighted by atomic mass is 9.71. The number of aliphatic imine (C=N–C) groups is 1. The highest BCUT2D eigenvalue weighted by Gasteiger charge is 3.00. The van der Waals surface area contributed by atoms with E-state index in [2.05, 4.69) is 24.1 Å². The van der Waals surface area contributed by atoms with Crippen LogP contribution in [-0.4, -0.2) is 25.0 Å². The van der Waals surface area contributed by atoms with E-state index >= 15 is 0 Å². The van der Waals surface area contributed by atoms with Crippen molar-refractivity contribution in [2.75, 3.05) is 13.2 Å². The first-order valence-corrected chi connectivity index (χ1v) is 8.56. The minimum Gasteiger partial charge on any atom is -0.386 e. The second-order valence-corrected chi connectivity index (χ2v) is 7.31. The lowest BCUT2D eigenvalue weighted by molar-refractivity contribution is -0.194. The molecule has 2 spiro atoms. The van der Waals surface area contributed by atoms with Gasteiger partial charge in [-0.05, 0) is 31.6 Å². The monoisotopic (exact) mass is 314 g/mol. The highest BCUT2D eigenvalue weighted by molar-refractivity contribution is 6.00. The second kappa shape index (κ2) is 4.47. The van der Waals surface area contributed by atoms with Gasteiger partial charge in [0.25, 0.3) is 5.91 Å². The van der Waals surface area contributed by atoms with Crippen LogP contribution in [-0.2, 0) is 9.47 Å². The molecule has 4 aliphatic rings. The van der Waals surface area contributed by atoms with Gasteiger partial charge in [0.15, 0.2) is 5.41 Å². The summed E-state index contributed by atoms with van der Waals surface area (Å²) in [6.45, 7) is 2.97. The van der Waals surface area contributed by atoms with Crippen molar-refractivity contribution in [2.24, 2.45) is 32.9 Å². The van der Waals surface area contributed by atoms with Gasteiger partial charge in [-0.1, -0.05) is 19.8 Å². The molecule has 1 saturated heterocycles. The Kier molecular flexibility index (Phi) is 2.90.